The zero-order valence-electron chi connectivity index (χ0n) is 31.3. The molecule has 3 aliphatic heterocycles. The monoisotopic (exact) mass is 731 g/mol. The molecule has 54 heavy (non-hydrogen) atoms. The number of hydrogen-bond donors (Lipinski definition) is 3. The Labute approximate surface area is 314 Å². The second-order valence-corrected chi connectivity index (χ2v) is 16.5. The molecule has 1 spiro atoms. The molecule has 13 heteroatoms. The smallest absolute Gasteiger partial charge is 0.314 e. The van der Waals surface area contributed by atoms with E-state index in [-0.39, 0.29) is 17.7 Å². The maximum absolute atomic E-state index is 11.8. The van der Waals surface area contributed by atoms with E-state index < -0.39 is 11.9 Å². The number of phenols is 1. The number of carboxylic acid groups (broad SMARTS) is 1. The lowest BCUT2D eigenvalue weighted by Crippen LogP contribution is -2.56. The minimum atomic E-state index is -0.867. The standard InChI is InChI=1S/C41H49N9O4/c1-24(2)36(39(52)53)34-19-35(47-54-34)49-16-11-41(12-17-49)20-28(21-41)48-13-8-26(9-14-48)27-22-42-40(43-23-27)50-15-10-31-37(25(50)3)30-18-32(45-46-38(30)44-31)29-6-4-5-7-33(29)51/h4-7,18-19,22-26,28,36,51H,8-17,20-21H2,1-3H3,(H,44,46)(H,52,53)/t25-,36?/m1/s1. The Bertz CT molecular complexity index is 2140. The number of piperidine rings is 2. The van der Waals surface area contributed by atoms with Gasteiger partial charge in [0, 0.05) is 72.8 Å². The van der Waals surface area contributed by atoms with Crippen molar-refractivity contribution < 1.29 is 19.5 Å². The van der Waals surface area contributed by atoms with Crippen LogP contribution in [0.15, 0.2) is 53.3 Å². The SMILES string of the molecule is CC(C)C(C(=O)O)c1cc(N2CCC3(CC2)CC(N2CCC(c4cnc(N5CCc6[nH]c7nnc(-c8ccccc8O)cc7c6[C@H]5C)nc4)CC2)C3)no1. The zero-order chi connectivity index (χ0) is 37.1. The van der Waals surface area contributed by atoms with Gasteiger partial charge in [-0.05, 0) is 99.6 Å². The number of anilines is 2. The molecule has 2 atom stereocenters. The Kier molecular flexibility index (Phi) is 8.79. The van der Waals surface area contributed by atoms with E-state index in [9.17, 15) is 15.0 Å². The fourth-order valence-corrected chi connectivity index (χ4v) is 9.83. The number of hydrogen-bond acceptors (Lipinski definition) is 11. The van der Waals surface area contributed by atoms with Gasteiger partial charge < -0.3 is 34.4 Å². The third-order valence-corrected chi connectivity index (χ3v) is 13.0. The number of likely N-dealkylation sites (tertiary alicyclic amines) is 1. The summed E-state index contributed by atoms with van der Waals surface area (Å²) < 4.78 is 5.51. The molecule has 4 aliphatic rings. The molecule has 7 heterocycles. The van der Waals surface area contributed by atoms with E-state index in [0.717, 1.165) is 87.6 Å². The number of phenolic OH excluding ortho intramolecular Hbond substituents is 1. The molecule has 0 amide bonds. The number of rotatable bonds is 8. The van der Waals surface area contributed by atoms with E-state index in [1.807, 2.05) is 38.1 Å². The summed E-state index contributed by atoms with van der Waals surface area (Å²) >= 11 is 0. The van der Waals surface area contributed by atoms with Crippen molar-refractivity contribution >= 4 is 28.8 Å². The predicted octanol–water partition coefficient (Wildman–Crippen LogP) is 6.69. The summed E-state index contributed by atoms with van der Waals surface area (Å²) in [6.07, 6.45) is 12.0. The van der Waals surface area contributed by atoms with Crippen LogP contribution in [-0.4, -0.2) is 90.2 Å². The molecule has 1 aliphatic carbocycles. The number of nitrogens with zero attached hydrogens (tertiary/aromatic N) is 8. The summed E-state index contributed by atoms with van der Waals surface area (Å²) in [4.78, 5) is 32.4. The number of fused-ring (bicyclic) bond motifs is 3. The molecule has 1 unspecified atom stereocenters. The molecule has 3 fully saturated rings. The molecule has 5 aromatic rings. The van der Waals surface area contributed by atoms with Gasteiger partial charge >= 0.3 is 5.97 Å². The van der Waals surface area contributed by atoms with Gasteiger partial charge in [-0.15, -0.1) is 10.2 Å². The number of carbonyl (C=O) groups is 1. The average Bonchev–Trinajstić information content (AvgIpc) is 3.79. The highest BCUT2D eigenvalue weighted by Crippen LogP contribution is 2.52. The molecule has 1 saturated carbocycles. The molecule has 0 radical (unpaired) electrons. The largest absolute Gasteiger partial charge is 0.507 e. The number of aliphatic carboxylic acids is 1. The molecule has 1 aromatic carbocycles. The van der Waals surface area contributed by atoms with Gasteiger partial charge in [0.25, 0.3) is 0 Å². The van der Waals surface area contributed by atoms with Gasteiger partial charge in [0.05, 0.1) is 11.7 Å². The highest BCUT2D eigenvalue weighted by atomic mass is 16.5. The van der Waals surface area contributed by atoms with Crippen LogP contribution in [0, 0.1) is 11.3 Å². The Morgan fingerprint density at radius 2 is 1.74 bits per heavy atom. The fourth-order valence-electron chi connectivity index (χ4n) is 9.83. The van der Waals surface area contributed by atoms with E-state index in [4.69, 9.17) is 14.5 Å². The number of carboxylic acids is 1. The number of H-pyrrole nitrogens is 1. The summed E-state index contributed by atoms with van der Waals surface area (Å²) in [5.74, 6) is 1.03. The van der Waals surface area contributed by atoms with Crippen LogP contribution in [0.2, 0.25) is 0 Å². The number of para-hydroxylation sites is 1. The lowest BCUT2D eigenvalue weighted by molar-refractivity contribution is -0.140. The van der Waals surface area contributed by atoms with Gasteiger partial charge in [0.2, 0.25) is 5.95 Å². The second-order valence-electron chi connectivity index (χ2n) is 16.5. The van der Waals surface area contributed by atoms with Gasteiger partial charge in [-0.3, -0.25) is 4.79 Å². The van der Waals surface area contributed by atoms with Crippen molar-refractivity contribution in [1.82, 2.24) is 35.2 Å². The van der Waals surface area contributed by atoms with Crippen molar-refractivity contribution in [1.29, 1.82) is 0 Å². The van der Waals surface area contributed by atoms with Gasteiger partial charge in [0.15, 0.2) is 17.2 Å². The van der Waals surface area contributed by atoms with Crippen LogP contribution in [0.5, 0.6) is 5.75 Å². The van der Waals surface area contributed by atoms with E-state index in [0.29, 0.717) is 34.4 Å². The lowest BCUT2D eigenvalue weighted by atomic mass is 9.59. The van der Waals surface area contributed by atoms with Crippen LogP contribution in [0.4, 0.5) is 11.8 Å². The first-order valence-electron chi connectivity index (χ1n) is 19.6. The molecule has 4 aromatic heterocycles. The Morgan fingerprint density at radius 1 is 1.00 bits per heavy atom. The highest BCUT2D eigenvalue weighted by Gasteiger charge is 2.48. The van der Waals surface area contributed by atoms with Gasteiger partial charge in [-0.25, -0.2) is 9.97 Å². The summed E-state index contributed by atoms with van der Waals surface area (Å²) in [5, 5.41) is 34.2. The van der Waals surface area contributed by atoms with Gasteiger partial charge in [-0.1, -0.05) is 31.1 Å². The minimum absolute atomic E-state index is 0.0486. The third-order valence-electron chi connectivity index (χ3n) is 13.0. The molecule has 3 N–H and O–H groups in total. The molecule has 9 rings (SSSR count). The van der Waals surface area contributed by atoms with E-state index in [1.165, 1.54) is 29.7 Å². The normalized spacial score (nSPS) is 21.4. The van der Waals surface area contributed by atoms with Crippen LogP contribution >= 0.6 is 0 Å². The third kappa shape index (κ3) is 6.15. The number of benzene rings is 1. The average molecular weight is 732 g/mol. The molecule has 2 saturated heterocycles. The lowest BCUT2D eigenvalue weighted by Gasteiger charge is -2.56. The fraction of sp³-hybridized carbons (Fsp3) is 0.512. The maximum atomic E-state index is 11.8. The summed E-state index contributed by atoms with van der Waals surface area (Å²) in [7, 11) is 0. The van der Waals surface area contributed by atoms with Crippen LogP contribution in [0.25, 0.3) is 22.3 Å². The Hall–Kier alpha value is -5.04. The van der Waals surface area contributed by atoms with E-state index in [2.05, 4.69) is 54.4 Å². The predicted molar refractivity (Wildman–Crippen MR) is 205 cm³/mol. The number of aromatic hydroxyl groups is 1. The number of nitrogens with one attached hydrogen (secondary N) is 1. The first-order chi connectivity index (χ1) is 26.2. The van der Waals surface area contributed by atoms with Gasteiger partial charge in [0.1, 0.15) is 11.7 Å². The zero-order valence-corrected chi connectivity index (χ0v) is 31.3. The molecular formula is C41H49N9O4. The number of aromatic amines is 1. The van der Waals surface area contributed by atoms with Crippen LogP contribution in [0.1, 0.15) is 99.8 Å². The minimum Gasteiger partial charge on any atom is -0.507 e. The molecular weight excluding hydrogens is 683 g/mol. The van der Waals surface area contributed by atoms with E-state index in [1.54, 1.807) is 12.1 Å². The number of aromatic nitrogens is 6. The van der Waals surface area contributed by atoms with Crippen molar-refractivity contribution in [3.63, 3.8) is 0 Å². The van der Waals surface area contributed by atoms with Crippen LogP contribution < -0.4 is 9.80 Å². The first kappa shape index (κ1) is 34.7. The molecule has 0 bridgehead atoms. The second kappa shape index (κ2) is 13.7. The first-order valence-corrected chi connectivity index (χ1v) is 19.6. The topological polar surface area (TPSA) is 161 Å². The van der Waals surface area contributed by atoms with Crippen molar-refractivity contribution in [2.75, 3.05) is 42.5 Å². The maximum Gasteiger partial charge on any atom is 0.314 e. The van der Waals surface area contributed by atoms with Crippen molar-refractivity contribution in [3.8, 4) is 17.0 Å². The molecule has 13 nitrogen and oxygen atoms in total. The summed E-state index contributed by atoms with van der Waals surface area (Å²) in [5.41, 5.74) is 6.08. The van der Waals surface area contributed by atoms with Crippen LogP contribution in [0.3, 0.4) is 0 Å². The quantitative estimate of drug-likeness (QED) is 0.156. The summed E-state index contributed by atoms with van der Waals surface area (Å²) in [6, 6.07) is 11.8. The van der Waals surface area contributed by atoms with Crippen molar-refractivity contribution in [2.45, 2.75) is 89.6 Å². The Morgan fingerprint density at radius 3 is 2.44 bits per heavy atom. The molecule has 282 valence electrons. The van der Waals surface area contributed by atoms with Crippen molar-refractivity contribution in [3.05, 3.63) is 71.4 Å². The van der Waals surface area contributed by atoms with E-state index >= 15 is 0 Å². The highest BCUT2D eigenvalue weighted by molar-refractivity contribution is 5.86. The van der Waals surface area contributed by atoms with Gasteiger partial charge in [-0.2, -0.15) is 0 Å². The van der Waals surface area contributed by atoms with Crippen LogP contribution in [-0.2, 0) is 11.2 Å². The van der Waals surface area contributed by atoms with Crippen molar-refractivity contribution in [2.24, 2.45) is 11.3 Å². The Balaban J connectivity index is 0.783. The summed E-state index contributed by atoms with van der Waals surface area (Å²) in [6.45, 7) is 10.9.